The number of fused-ring (bicyclic) bond motifs is 1. The number of imide groups is 2. The number of carbonyl (C=O) groups excluding carboxylic acids is 3. The van der Waals surface area contributed by atoms with Gasteiger partial charge >= 0.3 is 6.03 Å². The predicted octanol–water partition coefficient (Wildman–Crippen LogP) is 5.71. The summed E-state index contributed by atoms with van der Waals surface area (Å²) in [5.74, 6) is -0.483. The highest BCUT2D eigenvalue weighted by Crippen LogP contribution is 2.31. The van der Waals surface area contributed by atoms with Gasteiger partial charge in [0.25, 0.3) is 11.8 Å². The number of benzene rings is 4. The lowest BCUT2D eigenvalue weighted by Crippen LogP contribution is -2.54. The van der Waals surface area contributed by atoms with Crippen molar-refractivity contribution in [3.05, 3.63) is 107 Å². The molecule has 0 aliphatic carbocycles. The summed E-state index contributed by atoms with van der Waals surface area (Å²) in [6.45, 7) is 4.16. The van der Waals surface area contributed by atoms with Crippen LogP contribution >= 0.6 is 0 Å². The van der Waals surface area contributed by atoms with Crippen molar-refractivity contribution in [2.75, 3.05) is 12.0 Å². The van der Waals surface area contributed by atoms with E-state index in [1.807, 2.05) is 38.1 Å². The molecule has 5 rings (SSSR count). The summed E-state index contributed by atoms with van der Waals surface area (Å²) < 4.78 is 11.7. The number of rotatable bonds is 6. The van der Waals surface area contributed by atoms with E-state index < -0.39 is 17.8 Å². The summed E-state index contributed by atoms with van der Waals surface area (Å²) in [6.07, 6.45) is 1.44. The average molecular weight is 507 g/mol. The second-order valence-electron chi connectivity index (χ2n) is 9.07. The standard InChI is InChI=1S/C31H26N2O5/c1-19-7-6-9-23(15-19)33-30(35)26(29(34)32-31(33)36)16-22-13-14-24(37-3)17-28(22)38-18-27-20(2)11-12-21-8-4-5-10-25(21)27/h4-17H,18H2,1-3H3,(H,32,34,36)/b26-16+. The maximum absolute atomic E-state index is 13.4. The Balaban J connectivity index is 1.52. The van der Waals surface area contributed by atoms with E-state index in [1.165, 1.54) is 6.08 Å². The molecule has 0 radical (unpaired) electrons. The molecular formula is C31H26N2O5. The molecule has 1 aliphatic heterocycles. The summed E-state index contributed by atoms with van der Waals surface area (Å²) in [4.78, 5) is 39.7. The highest BCUT2D eigenvalue weighted by molar-refractivity contribution is 6.39. The van der Waals surface area contributed by atoms with Crippen LogP contribution in [0.5, 0.6) is 11.5 Å². The first-order valence-electron chi connectivity index (χ1n) is 12.1. The molecule has 0 spiro atoms. The lowest BCUT2D eigenvalue weighted by molar-refractivity contribution is -0.122. The van der Waals surface area contributed by atoms with Gasteiger partial charge in [-0.15, -0.1) is 0 Å². The zero-order chi connectivity index (χ0) is 26.8. The minimum absolute atomic E-state index is 0.178. The second kappa shape index (κ2) is 10.2. The molecule has 1 aliphatic rings. The average Bonchev–Trinajstić information content (AvgIpc) is 2.91. The van der Waals surface area contributed by atoms with E-state index >= 15 is 0 Å². The van der Waals surface area contributed by atoms with Crippen molar-refractivity contribution >= 4 is 40.4 Å². The smallest absolute Gasteiger partial charge is 0.335 e. The SMILES string of the molecule is COc1ccc(/C=C2\C(=O)NC(=O)N(c3cccc(C)c3)C2=O)c(OCc2c(C)ccc3ccccc23)c1. The van der Waals surface area contributed by atoms with Crippen LogP contribution in [0.4, 0.5) is 10.5 Å². The Hall–Kier alpha value is -4.91. The van der Waals surface area contributed by atoms with Crippen LogP contribution in [0, 0.1) is 13.8 Å². The van der Waals surface area contributed by atoms with Crippen LogP contribution < -0.4 is 19.7 Å². The number of ether oxygens (including phenoxy) is 2. The van der Waals surface area contributed by atoms with E-state index in [-0.39, 0.29) is 12.2 Å². The Morgan fingerprint density at radius 3 is 2.50 bits per heavy atom. The first kappa shape index (κ1) is 24.8. The summed E-state index contributed by atoms with van der Waals surface area (Å²) in [7, 11) is 1.55. The van der Waals surface area contributed by atoms with Gasteiger partial charge in [0.1, 0.15) is 23.7 Å². The minimum atomic E-state index is -0.791. The number of carbonyl (C=O) groups is 3. The van der Waals surface area contributed by atoms with E-state index in [4.69, 9.17) is 9.47 Å². The first-order chi connectivity index (χ1) is 18.4. The third-order valence-corrected chi connectivity index (χ3v) is 6.53. The van der Waals surface area contributed by atoms with Crippen LogP contribution in [-0.4, -0.2) is 25.0 Å². The zero-order valence-corrected chi connectivity index (χ0v) is 21.3. The number of aryl methyl sites for hydroxylation is 2. The fraction of sp³-hybridized carbons (Fsp3) is 0.129. The Morgan fingerprint density at radius 2 is 1.71 bits per heavy atom. The lowest BCUT2D eigenvalue weighted by Gasteiger charge is -2.26. The number of methoxy groups -OCH3 is 1. The monoisotopic (exact) mass is 506 g/mol. The van der Waals surface area contributed by atoms with Crippen molar-refractivity contribution in [2.24, 2.45) is 0 Å². The lowest BCUT2D eigenvalue weighted by atomic mass is 10.0. The van der Waals surface area contributed by atoms with Crippen LogP contribution in [0.25, 0.3) is 16.8 Å². The zero-order valence-electron chi connectivity index (χ0n) is 21.3. The molecule has 4 aromatic rings. The van der Waals surface area contributed by atoms with E-state index in [0.29, 0.717) is 22.7 Å². The summed E-state index contributed by atoms with van der Waals surface area (Å²) in [5, 5.41) is 4.46. The molecule has 7 nitrogen and oxygen atoms in total. The molecule has 1 saturated heterocycles. The highest BCUT2D eigenvalue weighted by Gasteiger charge is 2.37. The van der Waals surface area contributed by atoms with Crippen LogP contribution in [0.1, 0.15) is 22.3 Å². The minimum Gasteiger partial charge on any atom is -0.497 e. The molecule has 4 amide bonds. The van der Waals surface area contributed by atoms with Crippen LogP contribution in [0.2, 0.25) is 0 Å². The Morgan fingerprint density at radius 1 is 0.895 bits per heavy atom. The van der Waals surface area contributed by atoms with Gasteiger partial charge < -0.3 is 9.47 Å². The van der Waals surface area contributed by atoms with Gasteiger partial charge in [-0.25, -0.2) is 9.69 Å². The molecule has 1 heterocycles. The van der Waals surface area contributed by atoms with Crippen molar-refractivity contribution in [2.45, 2.75) is 20.5 Å². The number of hydrogen-bond donors (Lipinski definition) is 1. The van der Waals surface area contributed by atoms with Crippen molar-refractivity contribution in [1.29, 1.82) is 0 Å². The number of amides is 4. The molecule has 38 heavy (non-hydrogen) atoms. The molecule has 4 aromatic carbocycles. The molecule has 190 valence electrons. The Labute approximate surface area is 220 Å². The van der Waals surface area contributed by atoms with E-state index in [1.54, 1.807) is 43.5 Å². The maximum Gasteiger partial charge on any atom is 0.335 e. The summed E-state index contributed by atoms with van der Waals surface area (Å²) in [6, 6.07) is 23.5. The van der Waals surface area contributed by atoms with Gasteiger partial charge in [0.15, 0.2) is 0 Å². The molecule has 1 fully saturated rings. The van der Waals surface area contributed by atoms with Gasteiger partial charge in [-0.3, -0.25) is 14.9 Å². The summed E-state index contributed by atoms with van der Waals surface area (Å²) in [5.41, 5.74) is 3.69. The number of barbiturate groups is 1. The molecule has 0 unspecified atom stereocenters. The molecule has 0 bridgehead atoms. The van der Waals surface area contributed by atoms with Gasteiger partial charge in [-0.05, 0) is 66.1 Å². The predicted molar refractivity (Wildman–Crippen MR) is 146 cm³/mol. The molecule has 7 heteroatoms. The van der Waals surface area contributed by atoms with Crippen molar-refractivity contribution in [1.82, 2.24) is 5.32 Å². The third-order valence-electron chi connectivity index (χ3n) is 6.53. The van der Waals surface area contributed by atoms with Gasteiger partial charge in [-0.2, -0.15) is 0 Å². The Bertz CT molecular complexity index is 1620. The fourth-order valence-electron chi connectivity index (χ4n) is 4.49. The van der Waals surface area contributed by atoms with Crippen molar-refractivity contribution in [3.63, 3.8) is 0 Å². The van der Waals surface area contributed by atoms with E-state index in [0.717, 1.165) is 32.4 Å². The highest BCUT2D eigenvalue weighted by atomic mass is 16.5. The third kappa shape index (κ3) is 4.74. The molecular weight excluding hydrogens is 480 g/mol. The van der Waals surface area contributed by atoms with Crippen molar-refractivity contribution in [3.8, 4) is 11.5 Å². The van der Waals surface area contributed by atoms with E-state index in [2.05, 4.69) is 23.5 Å². The molecule has 1 N–H and O–H groups in total. The first-order valence-corrected chi connectivity index (χ1v) is 12.1. The van der Waals surface area contributed by atoms with Gasteiger partial charge in [0.2, 0.25) is 0 Å². The largest absolute Gasteiger partial charge is 0.497 e. The second-order valence-corrected chi connectivity index (χ2v) is 9.07. The van der Waals surface area contributed by atoms with Crippen LogP contribution in [0.3, 0.4) is 0 Å². The number of nitrogens with one attached hydrogen (secondary N) is 1. The Kier molecular flexibility index (Phi) is 6.66. The topological polar surface area (TPSA) is 84.9 Å². The molecule has 0 atom stereocenters. The fourth-order valence-corrected chi connectivity index (χ4v) is 4.49. The van der Waals surface area contributed by atoms with E-state index in [9.17, 15) is 14.4 Å². The van der Waals surface area contributed by atoms with Crippen LogP contribution in [0.15, 0.2) is 84.4 Å². The van der Waals surface area contributed by atoms with Crippen LogP contribution in [-0.2, 0) is 16.2 Å². The number of anilines is 1. The number of urea groups is 1. The van der Waals surface area contributed by atoms with Gasteiger partial charge in [0, 0.05) is 17.2 Å². The molecule has 0 saturated carbocycles. The molecule has 0 aromatic heterocycles. The normalized spacial score (nSPS) is 14.7. The number of nitrogens with zero attached hydrogens (tertiary/aromatic N) is 1. The summed E-state index contributed by atoms with van der Waals surface area (Å²) >= 11 is 0. The quantitative estimate of drug-likeness (QED) is 0.267. The number of hydrogen-bond acceptors (Lipinski definition) is 5. The maximum atomic E-state index is 13.4. The van der Waals surface area contributed by atoms with Gasteiger partial charge in [-0.1, -0.05) is 48.5 Å². The van der Waals surface area contributed by atoms with Gasteiger partial charge in [0.05, 0.1) is 12.8 Å². The van der Waals surface area contributed by atoms with Crippen molar-refractivity contribution < 1.29 is 23.9 Å².